The summed E-state index contributed by atoms with van der Waals surface area (Å²) in [6.45, 7) is 6.50. The molecule has 0 saturated heterocycles. The van der Waals surface area contributed by atoms with Gasteiger partial charge >= 0.3 is 5.97 Å². The molecule has 0 aromatic carbocycles. The first-order valence-corrected chi connectivity index (χ1v) is 6.48. The summed E-state index contributed by atoms with van der Waals surface area (Å²) in [5.74, 6) is -0.288. The minimum atomic E-state index is -0.288. The predicted octanol–water partition coefficient (Wildman–Crippen LogP) is 3.48. The Bertz CT molecular complexity index is 234. The molecule has 0 amide bonds. The molecule has 3 nitrogen and oxygen atoms in total. The quantitative estimate of drug-likeness (QED) is 0.353. The Balaban J connectivity index is 3.63. The SMILES string of the molecule is CCCCCCC(C)OCC=C(C)C(=O)OC. The third-order valence-electron chi connectivity index (χ3n) is 2.74. The number of carbonyl (C=O) groups excluding carboxylic acids is 1. The average Bonchev–Trinajstić information content (AvgIpc) is 2.33. The van der Waals surface area contributed by atoms with Crippen LogP contribution < -0.4 is 0 Å². The van der Waals surface area contributed by atoms with Gasteiger partial charge in [-0.1, -0.05) is 32.6 Å². The molecule has 0 spiro atoms. The van der Waals surface area contributed by atoms with Crippen molar-refractivity contribution in [2.24, 2.45) is 0 Å². The molecule has 0 rings (SSSR count). The molecular formula is C14H26O3. The van der Waals surface area contributed by atoms with Crippen LogP contribution in [0.1, 0.15) is 52.9 Å². The molecule has 1 atom stereocenters. The van der Waals surface area contributed by atoms with Crippen LogP contribution in [0.15, 0.2) is 11.6 Å². The Hall–Kier alpha value is -0.830. The number of unbranched alkanes of at least 4 members (excludes halogenated alkanes) is 3. The van der Waals surface area contributed by atoms with Crippen molar-refractivity contribution in [3.63, 3.8) is 0 Å². The summed E-state index contributed by atoms with van der Waals surface area (Å²) in [6, 6.07) is 0. The van der Waals surface area contributed by atoms with E-state index < -0.39 is 0 Å². The molecule has 0 aliphatic carbocycles. The first-order valence-electron chi connectivity index (χ1n) is 6.48. The highest BCUT2D eigenvalue weighted by Crippen LogP contribution is 2.08. The number of ether oxygens (including phenoxy) is 2. The molecule has 0 aromatic rings. The lowest BCUT2D eigenvalue weighted by Gasteiger charge is -2.11. The number of hydrogen-bond acceptors (Lipinski definition) is 3. The molecule has 0 aliphatic heterocycles. The molecule has 100 valence electrons. The predicted molar refractivity (Wildman–Crippen MR) is 69.9 cm³/mol. The topological polar surface area (TPSA) is 35.5 Å². The van der Waals surface area contributed by atoms with E-state index in [1.54, 1.807) is 13.0 Å². The van der Waals surface area contributed by atoms with Gasteiger partial charge in [-0.2, -0.15) is 0 Å². The molecule has 0 fully saturated rings. The van der Waals surface area contributed by atoms with Crippen molar-refractivity contribution in [3.05, 3.63) is 11.6 Å². The van der Waals surface area contributed by atoms with Crippen LogP contribution in [0.2, 0.25) is 0 Å². The van der Waals surface area contributed by atoms with Gasteiger partial charge in [0.25, 0.3) is 0 Å². The van der Waals surface area contributed by atoms with Gasteiger partial charge in [0, 0.05) is 5.57 Å². The average molecular weight is 242 g/mol. The zero-order chi connectivity index (χ0) is 13.1. The van der Waals surface area contributed by atoms with E-state index in [0.717, 1.165) is 6.42 Å². The largest absolute Gasteiger partial charge is 0.466 e. The Morgan fingerprint density at radius 1 is 1.29 bits per heavy atom. The second-order valence-corrected chi connectivity index (χ2v) is 4.37. The van der Waals surface area contributed by atoms with E-state index in [9.17, 15) is 4.79 Å². The highest BCUT2D eigenvalue weighted by Gasteiger charge is 2.04. The van der Waals surface area contributed by atoms with Gasteiger partial charge < -0.3 is 9.47 Å². The minimum absolute atomic E-state index is 0.258. The molecule has 0 saturated carbocycles. The molecule has 0 N–H and O–H groups in total. The van der Waals surface area contributed by atoms with E-state index in [2.05, 4.69) is 18.6 Å². The van der Waals surface area contributed by atoms with Gasteiger partial charge in [0.05, 0.1) is 19.8 Å². The summed E-state index contributed by atoms with van der Waals surface area (Å²) >= 11 is 0. The maximum absolute atomic E-state index is 11.1. The second kappa shape index (κ2) is 10.3. The van der Waals surface area contributed by atoms with Gasteiger partial charge in [-0.05, 0) is 26.3 Å². The van der Waals surface area contributed by atoms with Gasteiger partial charge in [-0.3, -0.25) is 0 Å². The fourth-order valence-electron chi connectivity index (χ4n) is 1.52. The first-order chi connectivity index (χ1) is 8.11. The number of hydrogen-bond donors (Lipinski definition) is 0. The van der Waals surface area contributed by atoms with E-state index in [4.69, 9.17) is 4.74 Å². The maximum atomic E-state index is 11.1. The van der Waals surface area contributed by atoms with Crippen LogP contribution in [0.4, 0.5) is 0 Å². The van der Waals surface area contributed by atoms with Gasteiger partial charge in [0.1, 0.15) is 0 Å². The van der Waals surface area contributed by atoms with Crippen LogP contribution in [0.25, 0.3) is 0 Å². The normalized spacial score (nSPS) is 13.5. The van der Waals surface area contributed by atoms with Gasteiger partial charge in [-0.15, -0.1) is 0 Å². The zero-order valence-electron chi connectivity index (χ0n) is 11.6. The molecule has 3 heteroatoms. The van der Waals surface area contributed by atoms with E-state index in [-0.39, 0.29) is 12.1 Å². The van der Waals surface area contributed by atoms with Crippen molar-refractivity contribution in [2.75, 3.05) is 13.7 Å². The Labute approximate surface area is 105 Å². The van der Waals surface area contributed by atoms with Crippen LogP contribution in [-0.2, 0) is 14.3 Å². The van der Waals surface area contributed by atoms with Crippen molar-refractivity contribution in [2.45, 2.75) is 59.0 Å². The van der Waals surface area contributed by atoms with Crippen LogP contribution in [0.5, 0.6) is 0 Å². The lowest BCUT2D eigenvalue weighted by Crippen LogP contribution is -2.09. The fourth-order valence-corrected chi connectivity index (χ4v) is 1.52. The summed E-state index contributed by atoms with van der Waals surface area (Å²) in [7, 11) is 1.39. The molecule has 17 heavy (non-hydrogen) atoms. The Morgan fingerprint density at radius 3 is 2.59 bits per heavy atom. The van der Waals surface area contributed by atoms with Crippen LogP contribution >= 0.6 is 0 Å². The van der Waals surface area contributed by atoms with Crippen LogP contribution in [0.3, 0.4) is 0 Å². The van der Waals surface area contributed by atoms with E-state index >= 15 is 0 Å². The van der Waals surface area contributed by atoms with Crippen molar-refractivity contribution >= 4 is 5.97 Å². The van der Waals surface area contributed by atoms with E-state index in [1.165, 1.54) is 32.8 Å². The lowest BCUT2D eigenvalue weighted by molar-refractivity contribution is -0.136. The monoisotopic (exact) mass is 242 g/mol. The Morgan fingerprint density at radius 2 is 2.00 bits per heavy atom. The standard InChI is InChI=1S/C14H26O3/c1-5-6-7-8-9-13(3)17-11-10-12(2)14(15)16-4/h10,13H,5-9,11H2,1-4H3. The smallest absolute Gasteiger partial charge is 0.333 e. The lowest BCUT2D eigenvalue weighted by atomic mass is 10.1. The minimum Gasteiger partial charge on any atom is -0.466 e. The number of methoxy groups -OCH3 is 1. The molecule has 0 radical (unpaired) electrons. The zero-order valence-corrected chi connectivity index (χ0v) is 11.6. The van der Waals surface area contributed by atoms with Gasteiger partial charge in [0.2, 0.25) is 0 Å². The molecular weight excluding hydrogens is 216 g/mol. The third-order valence-corrected chi connectivity index (χ3v) is 2.74. The number of rotatable bonds is 9. The van der Waals surface area contributed by atoms with Gasteiger partial charge in [0.15, 0.2) is 0 Å². The summed E-state index contributed by atoms with van der Waals surface area (Å²) in [4.78, 5) is 11.1. The van der Waals surface area contributed by atoms with E-state index in [1.807, 2.05) is 0 Å². The van der Waals surface area contributed by atoms with Crippen molar-refractivity contribution in [1.29, 1.82) is 0 Å². The highest BCUT2D eigenvalue weighted by atomic mass is 16.5. The van der Waals surface area contributed by atoms with Crippen molar-refractivity contribution in [3.8, 4) is 0 Å². The Kier molecular flexibility index (Phi) is 9.83. The molecule has 0 aromatic heterocycles. The summed E-state index contributed by atoms with van der Waals surface area (Å²) < 4.78 is 10.2. The van der Waals surface area contributed by atoms with Crippen LogP contribution in [0, 0.1) is 0 Å². The van der Waals surface area contributed by atoms with Crippen molar-refractivity contribution in [1.82, 2.24) is 0 Å². The third kappa shape index (κ3) is 8.93. The molecule has 0 bridgehead atoms. The fraction of sp³-hybridized carbons (Fsp3) is 0.786. The molecule has 1 unspecified atom stereocenters. The summed E-state index contributed by atoms with van der Waals surface area (Å²) in [5.41, 5.74) is 0.602. The van der Waals surface area contributed by atoms with Crippen LogP contribution in [-0.4, -0.2) is 25.8 Å². The second-order valence-electron chi connectivity index (χ2n) is 4.37. The highest BCUT2D eigenvalue weighted by molar-refractivity contribution is 5.87. The number of esters is 1. The van der Waals surface area contributed by atoms with E-state index in [0.29, 0.717) is 12.2 Å². The summed E-state index contributed by atoms with van der Waals surface area (Å²) in [5, 5.41) is 0. The van der Waals surface area contributed by atoms with Gasteiger partial charge in [-0.25, -0.2) is 4.79 Å². The first kappa shape index (κ1) is 16.2. The summed E-state index contributed by atoms with van der Waals surface area (Å²) in [6.07, 6.45) is 8.17. The number of carbonyl (C=O) groups is 1. The maximum Gasteiger partial charge on any atom is 0.333 e. The van der Waals surface area contributed by atoms with Crippen molar-refractivity contribution < 1.29 is 14.3 Å². The molecule has 0 heterocycles. The molecule has 0 aliphatic rings.